The summed E-state index contributed by atoms with van der Waals surface area (Å²) in [5.74, 6) is 0.440. The largest absolute Gasteiger partial charge is 0.314 e. The minimum absolute atomic E-state index is 0.440. The van der Waals surface area contributed by atoms with E-state index in [1.165, 1.54) is 91.5 Å². The van der Waals surface area contributed by atoms with E-state index in [1.54, 1.807) is 0 Å². The van der Waals surface area contributed by atoms with Gasteiger partial charge in [0.1, 0.15) is 0 Å². The molecule has 0 saturated carbocycles. The topological polar surface area (TPSA) is 6.48 Å². The van der Waals surface area contributed by atoms with Gasteiger partial charge in [0.05, 0.1) is 0 Å². The fraction of sp³-hybridized carbons (Fsp3) is 0.358. The zero-order valence-corrected chi connectivity index (χ0v) is 36.0. The zero-order valence-electron chi connectivity index (χ0n) is 36.0. The number of rotatable bonds is 13. The van der Waals surface area contributed by atoms with Crippen LogP contribution in [0.15, 0.2) is 138 Å². The third kappa shape index (κ3) is 10.7. The van der Waals surface area contributed by atoms with E-state index in [2.05, 4.69) is 180 Å². The Morgan fingerprint density at radius 1 is 0.527 bits per heavy atom. The number of anilines is 5. The highest BCUT2D eigenvalue weighted by atomic mass is 15.2. The average molecular weight is 733 g/mol. The molecule has 1 unspecified atom stereocenters. The summed E-state index contributed by atoms with van der Waals surface area (Å²) >= 11 is 0. The number of aryl methyl sites for hydroxylation is 4. The van der Waals surface area contributed by atoms with E-state index in [0.29, 0.717) is 5.92 Å². The number of hydrogen-bond donors (Lipinski definition) is 0. The van der Waals surface area contributed by atoms with E-state index >= 15 is 0 Å². The Morgan fingerprint density at radius 3 is 1.45 bits per heavy atom. The maximum Gasteiger partial charge on any atom is 0.0490 e. The first-order valence-corrected chi connectivity index (χ1v) is 21.3. The van der Waals surface area contributed by atoms with E-state index in [4.69, 9.17) is 0 Å². The Hall–Kier alpha value is -4.82. The van der Waals surface area contributed by atoms with Gasteiger partial charge < -0.3 is 9.80 Å². The molecule has 0 heterocycles. The highest BCUT2D eigenvalue weighted by Gasteiger charge is 2.25. The highest BCUT2D eigenvalue weighted by Crippen LogP contribution is 2.41. The quantitative estimate of drug-likeness (QED) is 0.119. The molecule has 0 amide bonds. The van der Waals surface area contributed by atoms with Gasteiger partial charge in [0.25, 0.3) is 0 Å². The van der Waals surface area contributed by atoms with Crippen molar-refractivity contribution < 1.29 is 0 Å². The zero-order chi connectivity index (χ0) is 39.9. The molecule has 1 aliphatic rings. The summed E-state index contributed by atoms with van der Waals surface area (Å²) in [6, 6.07) is 43.5. The number of benzene rings is 5. The van der Waals surface area contributed by atoms with Crippen LogP contribution in [0.1, 0.15) is 117 Å². The first-order chi connectivity index (χ1) is 26.8. The molecule has 290 valence electrons. The molecule has 0 bridgehead atoms. The number of unbranched alkanes of at least 4 members (excludes halogenated alkanes) is 1. The number of nitrogens with zero attached hydrogens (tertiary/aromatic N) is 2. The van der Waals surface area contributed by atoms with Crippen LogP contribution < -0.4 is 9.80 Å². The molecule has 5 aromatic carbocycles. The summed E-state index contributed by atoms with van der Waals surface area (Å²) in [7, 11) is 0. The molecule has 2 heteroatoms. The van der Waals surface area contributed by atoms with Crippen molar-refractivity contribution in [2.75, 3.05) is 9.80 Å². The smallest absolute Gasteiger partial charge is 0.0490 e. The summed E-state index contributed by atoms with van der Waals surface area (Å²) in [6.07, 6.45) is 10.3. The first kappa shape index (κ1) is 42.9. The molecule has 0 aliphatic heterocycles. The van der Waals surface area contributed by atoms with Gasteiger partial charge in [-0.2, -0.15) is 0 Å². The SMILES string of the molecule is CC.CC.CCCCc1ccc(N(c2ccc(CCC)cc2)c2ccc(-c3ccc(N(C4=C(C)C=C(C)CC4C)c4ccc(CC)cc4)cc3)cc2)c(C)c1. The van der Waals surface area contributed by atoms with Gasteiger partial charge in [-0.3, -0.25) is 0 Å². The molecular formula is C53H68N2. The van der Waals surface area contributed by atoms with Gasteiger partial charge >= 0.3 is 0 Å². The lowest BCUT2D eigenvalue weighted by Crippen LogP contribution is -2.24. The monoisotopic (exact) mass is 733 g/mol. The molecule has 5 aromatic rings. The van der Waals surface area contributed by atoms with Crippen LogP contribution in [0.5, 0.6) is 0 Å². The Labute approximate surface area is 335 Å². The van der Waals surface area contributed by atoms with E-state index in [0.717, 1.165) is 32.1 Å². The van der Waals surface area contributed by atoms with E-state index in [1.807, 2.05) is 27.7 Å². The summed E-state index contributed by atoms with van der Waals surface area (Å²) in [6.45, 7) is 23.9. The van der Waals surface area contributed by atoms with Crippen LogP contribution in [0.2, 0.25) is 0 Å². The minimum Gasteiger partial charge on any atom is -0.314 e. The normalized spacial score (nSPS) is 13.6. The van der Waals surface area contributed by atoms with Crippen molar-refractivity contribution in [2.24, 2.45) is 5.92 Å². The Balaban J connectivity index is 0.00000163. The molecule has 55 heavy (non-hydrogen) atoms. The molecule has 1 atom stereocenters. The lowest BCUT2D eigenvalue weighted by Gasteiger charge is -2.35. The predicted molar refractivity (Wildman–Crippen MR) is 245 cm³/mol. The second-order valence-corrected chi connectivity index (χ2v) is 14.6. The lowest BCUT2D eigenvalue weighted by atomic mass is 9.88. The summed E-state index contributed by atoms with van der Waals surface area (Å²) in [5.41, 5.74) is 18.1. The second-order valence-electron chi connectivity index (χ2n) is 14.6. The van der Waals surface area contributed by atoms with Gasteiger partial charge in [0.15, 0.2) is 0 Å². The molecule has 0 N–H and O–H groups in total. The van der Waals surface area contributed by atoms with Gasteiger partial charge in [-0.25, -0.2) is 0 Å². The molecule has 0 aromatic heterocycles. The Bertz CT molecular complexity index is 1960. The van der Waals surface area contributed by atoms with Crippen molar-refractivity contribution in [3.63, 3.8) is 0 Å². The molecule has 1 aliphatic carbocycles. The van der Waals surface area contributed by atoms with Crippen molar-refractivity contribution in [2.45, 2.75) is 121 Å². The summed E-state index contributed by atoms with van der Waals surface area (Å²) in [5, 5.41) is 0. The maximum atomic E-state index is 2.48. The van der Waals surface area contributed by atoms with Crippen LogP contribution >= 0.6 is 0 Å². The summed E-state index contributed by atoms with van der Waals surface area (Å²) < 4.78 is 0. The lowest BCUT2D eigenvalue weighted by molar-refractivity contribution is 0.639. The molecule has 0 saturated heterocycles. The maximum absolute atomic E-state index is 2.48. The van der Waals surface area contributed by atoms with Crippen molar-refractivity contribution in [1.82, 2.24) is 0 Å². The summed E-state index contributed by atoms with van der Waals surface area (Å²) in [4.78, 5) is 4.90. The fourth-order valence-electron chi connectivity index (χ4n) is 7.81. The standard InChI is InChI=1S/C49H56N2.2C2H6/c1-8-11-13-41-18-31-48(36(5)34-41)50(44-25-16-40(12-9-2)17-26-44)45-27-19-42(20-28-45)43-21-29-47(30-22-43)51(46-23-14-39(10-3)15-24-46)49-37(6)32-35(4)33-38(49)7;2*1-2/h14-32,34,38H,8-13,33H2,1-7H3;2*1-2H3. The predicted octanol–water partition coefficient (Wildman–Crippen LogP) is 16.4. The van der Waals surface area contributed by atoms with Crippen molar-refractivity contribution in [3.8, 4) is 11.1 Å². The molecular weight excluding hydrogens is 665 g/mol. The number of allylic oxidation sites excluding steroid dienone is 4. The van der Waals surface area contributed by atoms with E-state index in [9.17, 15) is 0 Å². The van der Waals surface area contributed by atoms with Crippen LogP contribution in [0.25, 0.3) is 11.1 Å². The van der Waals surface area contributed by atoms with Crippen molar-refractivity contribution >= 4 is 28.4 Å². The molecule has 0 fully saturated rings. The Morgan fingerprint density at radius 2 is 1.00 bits per heavy atom. The van der Waals surface area contributed by atoms with Gasteiger partial charge in [-0.15, -0.1) is 0 Å². The highest BCUT2D eigenvalue weighted by molar-refractivity contribution is 5.81. The van der Waals surface area contributed by atoms with Gasteiger partial charge in [-0.05, 0) is 146 Å². The fourth-order valence-corrected chi connectivity index (χ4v) is 7.81. The third-order valence-corrected chi connectivity index (χ3v) is 10.4. The second kappa shape index (κ2) is 21.3. The van der Waals surface area contributed by atoms with Crippen LogP contribution in [0, 0.1) is 12.8 Å². The third-order valence-electron chi connectivity index (χ3n) is 10.4. The molecule has 0 radical (unpaired) electrons. The average Bonchev–Trinajstić information content (AvgIpc) is 3.22. The van der Waals surface area contributed by atoms with Gasteiger partial charge in [-0.1, -0.05) is 141 Å². The van der Waals surface area contributed by atoms with E-state index in [-0.39, 0.29) is 0 Å². The minimum atomic E-state index is 0.440. The molecule has 2 nitrogen and oxygen atoms in total. The van der Waals surface area contributed by atoms with Gasteiger partial charge in [0, 0.05) is 40.1 Å². The van der Waals surface area contributed by atoms with Crippen LogP contribution in [0.3, 0.4) is 0 Å². The first-order valence-electron chi connectivity index (χ1n) is 21.3. The van der Waals surface area contributed by atoms with Crippen LogP contribution in [-0.2, 0) is 19.3 Å². The van der Waals surface area contributed by atoms with Crippen LogP contribution in [-0.4, -0.2) is 0 Å². The van der Waals surface area contributed by atoms with Crippen molar-refractivity contribution in [3.05, 3.63) is 160 Å². The number of hydrogen-bond acceptors (Lipinski definition) is 2. The van der Waals surface area contributed by atoms with Crippen molar-refractivity contribution in [1.29, 1.82) is 0 Å². The molecule has 0 spiro atoms. The van der Waals surface area contributed by atoms with Crippen LogP contribution in [0.4, 0.5) is 28.4 Å². The van der Waals surface area contributed by atoms with E-state index < -0.39 is 0 Å². The van der Waals surface area contributed by atoms with Gasteiger partial charge in [0.2, 0.25) is 0 Å². The molecule has 6 rings (SSSR count). The Kier molecular flexibility index (Phi) is 16.6.